The minimum absolute atomic E-state index is 0.238. The molecule has 1 aliphatic rings. The molecule has 176 valence electrons. The van der Waals surface area contributed by atoms with Crippen molar-refractivity contribution in [2.75, 3.05) is 6.61 Å². The van der Waals surface area contributed by atoms with Crippen molar-refractivity contribution in [2.45, 2.75) is 30.7 Å². The highest BCUT2D eigenvalue weighted by Crippen LogP contribution is 2.49. The van der Waals surface area contributed by atoms with Crippen molar-refractivity contribution in [1.29, 1.82) is 0 Å². The summed E-state index contributed by atoms with van der Waals surface area (Å²) in [7, 11) is 0. The average Bonchev–Trinajstić information content (AvgIpc) is 2.82. The van der Waals surface area contributed by atoms with Gasteiger partial charge in [-0.2, -0.15) is 0 Å². The Kier molecular flexibility index (Phi) is 5.78. The second-order valence-corrected chi connectivity index (χ2v) is 7.37. The molecule has 8 N–H and O–H groups in total. The molecule has 0 spiro atoms. The molecule has 1 fully saturated rings. The molecule has 4 rings (SSSR count). The van der Waals surface area contributed by atoms with Crippen LogP contribution in [0.5, 0.6) is 28.7 Å². The number of fused-ring (bicyclic) bond motifs is 1. The Morgan fingerprint density at radius 1 is 0.848 bits per heavy atom. The lowest BCUT2D eigenvalue weighted by Gasteiger charge is -2.39. The van der Waals surface area contributed by atoms with Gasteiger partial charge in [0.1, 0.15) is 29.8 Å². The number of phenolic OH excluding ortho intramolecular Hbond substituents is 4. The van der Waals surface area contributed by atoms with E-state index in [4.69, 9.17) is 13.9 Å². The van der Waals surface area contributed by atoms with E-state index in [1.807, 2.05) is 0 Å². The van der Waals surface area contributed by atoms with Gasteiger partial charge in [0.15, 0.2) is 17.1 Å². The van der Waals surface area contributed by atoms with Gasteiger partial charge in [-0.15, -0.1) is 0 Å². The fourth-order valence-corrected chi connectivity index (χ4v) is 3.52. The Labute approximate surface area is 184 Å². The number of aromatic hydroxyl groups is 4. The van der Waals surface area contributed by atoms with Crippen LogP contribution in [0.4, 0.5) is 0 Å². The standard InChI is InChI=1S/C21H20O12/c22-6-8-10(23)13(26)17(30)21(31-8)33-20-12(25)9-11(24)14(27)15(28)16(29)19(9)32-18(20)7-4-2-1-3-5-7/h1-5,8,10,13,17,21-24,26-30H,6H2/t8-,10-,13+,17-,21?/m1/s1. The summed E-state index contributed by atoms with van der Waals surface area (Å²) in [5.41, 5.74) is -1.55. The fourth-order valence-electron chi connectivity index (χ4n) is 3.52. The van der Waals surface area contributed by atoms with E-state index in [9.17, 15) is 45.6 Å². The molecule has 12 heteroatoms. The summed E-state index contributed by atoms with van der Waals surface area (Å²) in [4.78, 5) is 13.3. The van der Waals surface area contributed by atoms with Gasteiger partial charge in [-0.1, -0.05) is 30.3 Å². The third kappa shape index (κ3) is 3.59. The molecule has 2 heterocycles. The summed E-state index contributed by atoms with van der Waals surface area (Å²) in [5, 5.41) is 79.0. The Balaban J connectivity index is 1.95. The van der Waals surface area contributed by atoms with E-state index in [-0.39, 0.29) is 11.3 Å². The zero-order valence-corrected chi connectivity index (χ0v) is 16.7. The molecular weight excluding hydrogens is 444 g/mol. The first-order valence-corrected chi connectivity index (χ1v) is 9.66. The van der Waals surface area contributed by atoms with E-state index < -0.39 is 82.5 Å². The van der Waals surface area contributed by atoms with E-state index in [2.05, 4.69) is 0 Å². The first kappa shape index (κ1) is 22.6. The molecule has 1 unspecified atom stereocenters. The van der Waals surface area contributed by atoms with Gasteiger partial charge in [-0.25, -0.2) is 0 Å². The molecule has 1 aromatic heterocycles. The lowest BCUT2D eigenvalue weighted by molar-refractivity contribution is -0.277. The van der Waals surface area contributed by atoms with E-state index in [0.717, 1.165) is 0 Å². The lowest BCUT2D eigenvalue weighted by Crippen LogP contribution is -2.60. The molecule has 0 radical (unpaired) electrons. The second kappa shape index (κ2) is 8.42. The van der Waals surface area contributed by atoms with E-state index in [0.29, 0.717) is 0 Å². The Morgan fingerprint density at radius 3 is 2.12 bits per heavy atom. The maximum absolute atomic E-state index is 13.3. The Morgan fingerprint density at radius 2 is 1.48 bits per heavy atom. The highest BCUT2D eigenvalue weighted by atomic mass is 16.7. The Hall–Kier alpha value is -3.55. The third-order valence-electron chi connectivity index (χ3n) is 5.31. The van der Waals surface area contributed by atoms with Crippen molar-refractivity contribution in [1.82, 2.24) is 0 Å². The largest absolute Gasteiger partial charge is 0.504 e. The van der Waals surface area contributed by atoms with Gasteiger partial charge in [0.05, 0.1) is 6.61 Å². The number of aliphatic hydroxyl groups excluding tert-OH is 4. The van der Waals surface area contributed by atoms with Crippen LogP contribution in [0.15, 0.2) is 39.5 Å². The van der Waals surface area contributed by atoms with E-state index in [1.54, 1.807) is 18.2 Å². The van der Waals surface area contributed by atoms with Crippen molar-refractivity contribution in [3.05, 3.63) is 40.6 Å². The van der Waals surface area contributed by atoms with Crippen LogP contribution in [0.25, 0.3) is 22.3 Å². The van der Waals surface area contributed by atoms with Gasteiger partial charge in [0.25, 0.3) is 0 Å². The lowest BCUT2D eigenvalue weighted by atomic mass is 9.99. The third-order valence-corrected chi connectivity index (χ3v) is 5.31. The number of ether oxygens (including phenoxy) is 2. The minimum atomic E-state index is -1.86. The van der Waals surface area contributed by atoms with Gasteiger partial charge < -0.3 is 54.7 Å². The van der Waals surface area contributed by atoms with Crippen molar-refractivity contribution in [3.8, 4) is 40.1 Å². The molecule has 0 amide bonds. The molecule has 2 aromatic carbocycles. The highest BCUT2D eigenvalue weighted by Gasteiger charge is 2.45. The topological polar surface area (TPSA) is 211 Å². The first-order chi connectivity index (χ1) is 15.7. The zero-order valence-electron chi connectivity index (χ0n) is 16.7. The predicted octanol–water partition coefficient (Wildman–Crippen LogP) is -0.539. The smallest absolute Gasteiger partial charge is 0.239 e. The molecule has 12 nitrogen and oxygen atoms in total. The van der Waals surface area contributed by atoms with Crippen LogP contribution in [0.1, 0.15) is 0 Å². The van der Waals surface area contributed by atoms with Gasteiger partial charge in [-0.3, -0.25) is 4.79 Å². The molecule has 0 bridgehead atoms. The number of rotatable bonds is 4. The maximum Gasteiger partial charge on any atom is 0.239 e. The van der Waals surface area contributed by atoms with Gasteiger partial charge >= 0.3 is 0 Å². The normalized spacial score (nSPS) is 25.3. The quantitative estimate of drug-likeness (QED) is 0.181. The number of aliphatic hydroxyl groups is 4. The van der Waals surface area contributed by atoms with Crippen LogP contribution in [0.3, 0.4) is 0 Å². The molecule has 3 aromatic rings. The predicted molar refractivity (Wildman–Crippen MR) is 109 cm³/mol. The van der Waals surface area contributed by atoms with E-state index in [1.165, 1.54) is 12.1 Å². The summed E-state index contributed by atoms with van der Waals surface area (Å²) < 4.78 is 16.4. The molecule has 5 atom stereocenters. The van der Waals surface area contributed by atoms with Gasteiger partial charge in [0.2, 0.25) is 34.7 Å². The molecular formula is C21H20O12. The zero-order chi connectivity index (χ0) is 24.0. The monoisotopic (exact) mass is 464 g/mol. The summed E-state index contributed by atoms with van der Waals surface area (Å²) in [6.45, 7) is -0.746. The van der Waals surface area contributed by atoms with Crippen molar-refractivity contribution >= 4 is 11.0 Å². The fraction of sp³-hybridized carbons (Fsp3) is 0.286. The number of hydrogen-bond acceptors (Lipinski definition) is 12. The highest BCUT2D eigenvalue weighted by molar-refractivity contribution is 5.95. The SMILES string of the molecule is O=c1c(OC2O[C@H](CO)[C@@H](O)[C@H](O)[C@H]2O)c(-c2ccccc2)oc2c(O)c(O)c(O)c(O)c12. The second-order valence-electron chi connectivity index (χ2n) is 7.37. The van der Waals surface area contributed by atoms with Crippen LogP contribution in [0.2, 0.25) is 0 Å². The van der Waals surface area contributed by atoms with Crippen LogP contribution < -0.4 is 10.2 Å². The summed E-state index contributed by atoms with van der Waals surface area (Å²) in [6, 6.07) is 7.84. The minimum Gasteiger partial charge on any atom is -0.504 e. The molecule has 0 saturated carbocycles. The molecule has 1 aliphatic heterocycles. The van der Waals surface area contributed by atoms with Gasteiger partial charge in [-0.05, 0) is 0 Å². The molecule has 1 saturated heterocycles. The van der Waals surface area contributed by atoms with Crippen LogP contribution in [-0.2, 0) is 4.74 Å². The van der Waals surface area contributed by atoms with Gasteiger partial charge in [0, 0.05) is 5.56 Å². The number of hydrogen-bond donors (Lipinski definition) is 8. The first-order valence-electron chi connectivity index (χ1n) is 9.66. The van der Waals surface area contributed by atoms with E-state index >= 15 is 0 Å². The summed E-state index contributed by atoms with van der Waals surface area (Å²) in [5.74, 6) is -5.40. The van der Waals surface area contributed by atoms with Crippen molar-refractivity contribution < 1.29 is 54.7 Å². The average molecular weight is 464 g/mol. The van der Waals surface area contributed by atoms with Crippen molar-refractivity contribution in [3.63, 3.8) is 0 Å². The van der Waals surface area contributed by atoms with Crippen molar-refractivity contribution in [2.24, 2.45) is 0 Å². The van der Waals surface area contributed by atoms with Crippen LogP contribution in [-0.4, -0.2) is 78.2 Å². The molecule has 0 aliphatic carbocycles. The maximum atomic E-state index is 13.3. The summed E-state index contributed by atoms with van der Waals surface area (Å²) in [6.07, 6.45) is -8.44. The van der Waals surface area contributed by atoms with Crippen LogP contribution in [0, 0.1) is 0 Å². The number of phenols is 4. The Bertz CT molecular complexity index is 1240. The van der Waals surface area contributed by atoms with Crippen LogP contribution >= 0.6 is 0 Å². The molecule has 33 heavy (non-hydrogen) atoms. The number of benzene rings is 2. The summed E-state index contributed by atoms with van der Waals surface area (Å²) >= 11 is 0.